The Morgan fingerprint density at radius 3 is 2.90 bits per heavy atom. The number of piperidine rings is 1. The van der Waals surface area contributed by atoms with Gasteiger partial charge in [-0.15, -0.1) is 0 Å². The summed E-state index contributed by atoms with van der Waals surface area (Å²) >= 11 is 3.55. The smallest absolute Gasteiger partial charge is 0.0499 e. The molecule has 0 bridgehead atoms. The Balaban J connectivity index is 2.26. The number of likely N-dealkylation sites (tertiary alicyclic amines) is 1. The van der Waals surface area contributed by atoms with E-state index < -0.39 is 0 Å². The number of aliphatic hydroxyl groups is 1. The topological polar surface area (TPSA) is 49.5 Å². The van der Waals surface area contributed by atoms with Gasteiger partial charge in [-0.05, 0) is 50.4 Å². The largest absolute Gasteiger partial charge is 0.396 e. The van der Waals surface area contributed by atoms with Gasteiger partial charge in [0.2, 0.25) is 0 Å². The van der Waals surface area contributed by atoms with Crippen molar-refractivity contribution < 1.29 is 5.11 Å². The van der Waals surface area contributed by atoms with Crippen molar-refractivity contribution in [3.05, 3.63) is 34.3 Å². The van der Waals surface area contributed by atoms with Crippen LogP contribution in [0, 0.1) is 0 Å². The number of hydrogen-bond donors (Lipinski definition) is 2. The lowest BCUT2D eigenvalue weighted by Crippen LogP contribution is -2.48. The van der Waals surface area contributed by atoms with Crippen LogP contribution >= 0.6 is 15.9 Å². The molecule has 112 valence electrons. The highest BCUT2D eigenvalue weighted by Crippen LogP contribution is 2.32. The van der Waals surface area contributed by atoms with Gasteiger partial charge in [-0.2, -0.15) is 0 Å². The first-order valence-corrected chi connectivity index (χ1v) is 8.30. The van der Waals surface area contributed by atoms with Gasteiger partial charge in [0.25, 0.3) is 0 Å². The monoisotopic (exact) mass is 340 g/mol. The minimum Gasteiger partial charge on any atom is -0.396 e. The second-order valence-electron chi connectivity index (χ2n) is 5.76. The zero-order chi connectivity index (χ0) is 14.5. The van der Waals surface area contributed by atoms with Crippen molar-refractivity contribution in [1.29, 1.82) is 0 Å². The summed E-state index contributed by atoms with van der Waals surface area (Å²) in [4.78, 5) is 2.51. The van der Waals surface area contributed by atoms with Crippen LogP contribution in [-0.4, -0.2) is 35.2 Å². The zero-order valence-corrected chi connectivity index (χ0v) is 13.7. The van der Waals surface area contributed by atoms with Crippen LogP contribution in [0.5, 0.6) is 0 Å². The highest BCUT2D eigenvalue weighted by Gasteiger charge is 2.31. The number of halogens is 1. The normalized spacial score (nSPS) is 23.5. The molecular formula is C16H25BrN2O. The summed E-state index contributed by atoms with van der Waals surface area (Å²) in [6, 6.07) is 9.18. The molecule has 0 aliphatic carbocycles. The van der Waals surface area contributed by atoms with Crippen molar-refractivity contribution in [1.82, 2.24) is 4.90 Å². The molecule has 4 heteroatoms. The maximum Gasteiger partial charge on any atom is 0.0499 e. The fourth-order valence-corrected chi connectivity index (χ4v) is 3.75. The van der Waals surface area contributed by atoms with E-state index in [0.29, 0.717) is 6.04 Å². The van der Waals surface area contributed by atoms with Crippen molar-refractivity contribution >= 4 is 15.9 Å². The highest BCUT2D eigenvalue weighted by atomic mass is 79.9. The zero-order valence-electron chi connectivity index (χ0n) is 12.1. The van der Waals surface area contributed by atoms with Gasteiger partial charge >= 0.3 is 0 Å². The molecule has 0 aromatic heterocycles. The Morgan fingerprint density at radius 2 is 2.25 bits per heavy atom. The molecule has 0 radical (unpaired) electrons. The van der Waals surface area contributed by atoms with E-state index in [-0.39, 0.29) is 18.7 Å². The summed E-state index contributed by atoms with van der Waals surface area (Å²) in [6.45, 7) is 3.41. The molecule has 1 aromatic rings. The van der Waals surface area contributed by atoms with E-state index in [4.69, 9.17) is 5.73 Å². The number of aliphatic hydroxyl groups excluding tert-OH is 1. The summed E-state index contributed by atoms with van der Waals surface area (Å²) in [6.07, 6.45) is 4.49. The molecule has 1 aliphatic heterocycles. The summed E-state index contributed by atoms with van der Waals surface area (Å²) in [7, 11) is 0. The van der Waals surface area contributed by atoms with Crippen molar-refractivity contribution in [3.8, 4) is 0 Å². The Morgan fingerprint density at radius 1 is 1.45 bits per heavy atom. The van der Waals surface area contributed by atoms with Gasteiger partial charge in [0.15, 0.2) is 0 Å². The quantitative estimate of drug-likeness (QED) is 0.865. The van der Waals surface area contributed by atoms with Crippen LogP contribution in [0.1, 0.15) is 44.2 Å². The Hall–Kier alpha value is -0.420. The average molecular weight is 341 g/mol. The van der Waals surface area contributed by atoms with Crippen molar-refractivity contribution in [3.63, 3.8) is 0 Å². The Labute approximate surface area is 130 Å². The molecule has 20 heavy (non-hydrogen) atoms. The summed E-state index contributed by atoms with van der Waals surface area (Å²) in [5, 5.41) is 9.31. The third kappa shape index (κ3) is 3.82. The molecule has 2 rings (SSSR count). The van der Waals surface area contributed by atoms with E-state index in [1.165, 1.54) is 18.4 Å². The number of nitrogens with two attached hydrogens (primary N) is 1. The van der Waals surface area contributed by atoms with Gasteiger partial charge in [0.05, 0.1) is 0 Å². The van der Waals surface area contributed by atoms with Gasteiger partial charge in [0, 0.05) is 29.2 Å². The molecule has 3 unspecified atom stereocenters. The van der Waals surface area contributed by atoms with Crippen LogP contribution in [-0.2, 0) is 0 Å². The molecule has 1 saturated heterocycles. The average Bonchev–Trinajstić information content (AvgIpc) is 2.41. The van der Waals surface area contributed by atoms with Crippen molar-refractivity contribution in [2.75, 3.05) is 13.2 Å². The van der Waals surface area contributed by atoms with Gasteiger partial charge in [-0.25, -0.2) is 0 Å². The van der Waals surface area contributed by atoms with Crippen molar-refractivity contribution in [2.24, 2.45) is 5.73 Å². The lowest BCUT2D eigenvalue weighted by Gasteiger charge is -2.43. The summed E-state index contributed by atoms with van der Waals surface area (Å²) < 4.78 is 1.09. The maximum absolute atomic E-state index is 9.31. The van der Waals surface area contributed by atoms with E-state index in [0.717, 1.165) is 23.9 Å². The fraction of sp³-hybridized carbons (Fsp3) is 0.625. The first kappa shape index (κ1) is 16.0. The number of benzene rings is 1. The Kier molecular flexibility index (Phi) is 6.02. The van der Waals surface area contributed by atoms with E-state index in [1.807, 2.05) is 6.07 Å². The van der Waals surface area contributed by atoms with E-state index >= 15 is 0 Å². The highest BCUT2D eigenvalue weighted by molar-refractivity contribution is 9.10. The molecule has 1 aliphatic rings. The van der Waals surface area contributed by atoms with Gasteiger partial charge in [-0.1, -0.05) is 34.5 Å². The van der Waals surface area contributed by atoms with Crippen LogP contribution < -0.4 is 5.73 Å². The van der Waals surface area contributed by atoms with Crippen molar-refractivity contribution in [2.45, 2.75) is 50.7 Å². The number of nitrogens with zero attached hydrogens (tertiary/aromatic N) is 1. The van der Waals surface area contributed by atoms with Gasteiger partial charge < -0.3 is 10.8 Å². The number of rotatable bonds is 5. The second-order valence-corrected chi connectivity index (χ2v) is 6.67. The SMILES string of the molecule is CC(N)C(c1cccc(Br)c1)N1CCCCC1CCO. The maximum atomic E-state index is 9.31. The Bertz CT molecular complexity index is 423. The summed E-state index contributed by atoms with van der Waals surface area (Å²) in [5.74, 6) is 0. The first-order valence-electron chi connectivity index (χ1n) is 7.51. The molecule has 0 amide bonds. The minimum absolute atomic E-state index is 0.0728. The molecule has 3 nitrogen and oxygen atoms in total. The van der Waals surface area contributed by atoms with E-state index in [2.05, 4.69) is 46.0 Å². The van der Waals surface area contributed by atoms with Crippen LogP contribution in [0.2, 0.25) is 0 Å². The second kappa shape index (κ2) is 7.55. The fourth-order valence-electron chi connectivity index (χ4n) is 3.34. The van der Waals surface area contributed by atoms with Gasteiger partial charge in [0.1, 0.15) is 0 Å². The lowest BCUT2D eigenvalue weighted by molar-refractivity contribution is 0.0652. The van der Waals surface area contributed by atoms with E-state index in [1.54, 1.807) is 0 Å². The molecule has 1 fully saturated rings. The standard InChI is InChI=1S/C16H25BrN2O/c1-12(18)16(13-5-4-6-14(17)11-13)19-9-3-2-7-15(19)8-10-20/h4-6,11-12,15-16,20H,2-3,7-10,18H2,1H3. The molecule has 1 aromatic carbocycles. The van der Waals surface area contributed by atoms with Crippen LogP contribution in [0.3, 0.4) is 0 Å². The molecular weight excluding hydrogens is 316 g/mol. The van der Waals surface area contributed by atoms with Gasteiger partial charge in [-0.3, -0.25) is 4.90 Å². The minimum atomic E-state index is 0.0728. The van der Waals surface area contributed by atoms with Crippen LogP contribution in [0.15, 0.2) is 28.7 Å². The molecule has 1 heterocycles. The molecule has 3 atom stereocenters. The molecule has 3 N–H and O–H groups in total. The van der Waals surface area contributed by atoms with Crippen LogP contribution in [0.4, 0.5) is 0 Å². The third-order valence-electron chi connectivity index (χ3n) is 4.18. The first-order chi connectivity index (χ1) is 9.63. The predicted octanol–water partition coefficient (Wildman–Crippen LogP) is 3.07. The molecule has 0 spiro atoms. The molecule has 0 saturated carbocycles. The predicted molar refractivity (Wildman–Crippen MR) is 86.6 cm³/mol. The van der Waals surface area contributed by atoms with Crippen LogP contribution in [0.25, 0.3) is 0 Å². The number of hydrogen-bond acceptors (Lipinski definition) is 3. The third-order valence-corrected chi connectivity index (χ3v) is 4.67. The lowest BCUT2D eigenvalue weighted by atomic mass is 9.91. The van der Waals surface area contributed by atoms with E-state index in [9.17, 15) is 5.11 Å². The summed E-state index contributed by atoms with van der Waals surface area (Å²) in [5.41, 5.74) is 7.55.